The van der Waals surface area contributed by atoms with Gasteiger partial charge in [-0.15, -0.1) is 0 Å². The molecule has 0 spiro atoms. The Labute approximate surface area is 84.2 Å². The predicted molar refractivity (Wildman–Crippen MR) is 55.7 cm³/mol. The molecule has 0 bridgehead atoms. The number of morpholine rings is 1. The molecule has 13 heavy (non-hydrogen) atoms. The highest BCUT2D eigenvalue weighted by molar-refractivity contribution is 7.80. The fraction of sp³-hybridized carbons (Fsp3) is 0.889. The van der Waals surface area contributed by atoms with Crippen molar-refractivity contribution in [3.8, 4) is 0 Å². The van der Waals surface area contributed by atoms with E-state index in [4.69, 9.17) is 22.7 Å². The highest BCUT2D eigenvalue weighted by atomic mass is 32.1. The molecule has 2 rings (SSSR count). The van der Waals surface area contributed by atoms with Gasteiger partial charge in [0, 0.05) is 19.1 Å². The average Bonchev–Trinajstić information content (AvgIpc) is 2.51. The fourth-order valence-electron chi connectivity index (χ4n) is 2.40. The monoisotopic (exact) mass is 200 g/mol. The van der Waals surface area contributed by atoms with Crippen molar-refractivity contribution in [3.05, 3.63) is 0 Å². The Hall–Kier alpha value is -0.190. The lowest BCUT2D eigenvalue weighted by molar-refractivity contribution is -0.0495. The molecule has 2 N–H and O–H groups in total. The summed E-state index contributed by atoms with van der Waals surface area (Å²) in [5.41, 5.74) is 5.56. The van der Waals surface area contributed by atoms with Gasteiger partial charge < -0.3 is 10.5 Å². The molecule has 1 saturated heterocycles. The third-order valence-corrected chi connectivity index (χ3v) is 3.09. The number of ether oxygens (including phenoxy) is 1. The number of hydrogen-bond donors (Lipinski definition) is 1. The summed E-state index contributed by atoms with van der Waals surface area (Å²) in [6.07, 6.45) is 4.18. The minimum atomic E-state index is 0.447. The maximum atomic E-state index is 5.69. The number of fused-ring (bicyclic) bond motifs is 1. The molecular formula is C9H16N2OS. The van der Waals surface area contributed by atoms with E-state index in [0.717, 1.165) is 19.7 Å². The molecule has 1 saturated carbocycles. The van der Waals surface area contributed by atoms with E-state index in [1.165, 1.54) is 19.3 Å². The summed E-state index contributed by atoms with van der Waals surface area (Å²) in [6, 6.07) is 0.579. The molecule has 0 amide bonds. The van der Waals surface area contributed by atoms with Crippen LogP contribution in [0.4, 0.5) is 0 Å². The first kappa shape index (κ1) is 9.37. The van der Waals surface area contributed by atoms with E-state index >= 15 is 0 Å². The van der Waals surface area contributed by atoms with E-state index in [1.54, 1.807) is 0 Å². The average molecular weight is 200 g/mol. The largest absolute Gasteiger partial charge is 0.392 e. The van der Waals surface area contributed by atoms with Crippen molar-refractivity contribution < 1.29 is 4.74 Å². The zero-order valence-electron chi connectivity index (χ0n) is 7.74. The van der Waals surface area contributed by atoms with Crippen molar-refractivity contribution in [2.45, 2.75) is 31.4 Å². The predicted octanol–water partition coefficient (Wildman–Crippen LogP) is 0.526. The van der Waals surface area contributed by atoms with E-state index < -0.39 is 0 Å². The number of nitrogens with zero attached hydrogens (tertiary/aromatic N) is 1. The van der Waals surface area contributed by atoms with Crippen LogP contribution in [0.2, 0.25) is 0 Å². The lowest BCUT2D eigenvalue weighted by Crippen LogP contribution is -2.50. The molecule has 2 aliphatic rings. The summed E-state index contributed by atoms with van der Waals surface area (Å²) in [5, 5.41) is 0. The second-order valence-electron chi connectivity index (χ2n) is 3.84. The minimum absolute atomic E-state index is 0.447. The maximum Gasteiger partial charge on any atom is 0.0870 e. The number of hydrogen-bond acceptors (Lipinski definition) is 3. The Balaban J connectivity index is 1.97. The SMILES string of the molecule is NC(=S)CN1CCOC2CCCC21. The van der Waals surface area contributed by atoms with Crippen molar-refractivity contribution in [2.75, 3.05) is 19.7 Å². The zero-order valence-corrected chi connectivity index (χ0v) is 8.55. The van der Waals surface area contributed by atoms with Crippen molar-refractivity contribution in [2.24, 2.45) is 5.73 Å². The number of nitrogens with two attached hydrogens (primary N) is 1. The maximum absolute atomic E-state index is 5.69. The Morgan fingerprint density at radius 1 is 1.54 bits per heavy atom. The van der Waals surface area contributed by atoms with Gasteiger partial charge in [-0.1, -0.05) is 12.2 Å². The van der Waals surface area contributed by atoms with Gasteiger partial charge in [0.25, 0.3) is 0 Å². The first-order valence-electron chi connectivity index (χ1n) is 4.91. The summed E-state index contributed by atoms with van der Waals surface area (Å²) < 4.78 is 5.69. The summed E-state index contributed by atoms with van der Waals surface area (Å²) in [5.74, 6) is 0. The van der Waals surface area contributed by atoms with Gasteiger partial charge >= 0.3 is 0 Å². The second-order valence-corrected chi connectivity index (χ2v) is 4.37. The molecule has 0 aromatic rings. The van der Waals surface area contributed by atoms with Crippen LogP contribution in [0.3, 0.4) is 0 Å². The molecule has 4 heteroatoms. The quantitative estimate of drug-likeness (QED) is 0.660. The summed E-state index contributed by atoms with van der Waals surface area (Å²) in [7, 11) is 0. The highest BCUT2D eigenvalue weighted by Gasteiger charge is 2.35. The van der Waals surface area contributed by atoms with E-state index in [1.807, 2.05) is 0 Å². The van der Waals surface area contributed by atoms with Crippen LogP contribution < -0.4 is 5.73 Å². The first-order chi connectivity index (χ1) is 6.27. The van der Waals surface area contributed by atoms with Gasteiger partial charge in [-0.3, -0.25) is 4.90 Å². The Bertz CT molecular complexity index is 210. The van der Waals surface area contributed by atoms with E-state index in [9.17, 15) is 0 Å². The van der Waals surface area contributed by atoms with Gasteiger partial charge in [0.2, 0.25) is 0 Å². The third-order valence-electron chi connectivity index (χ3n) is 2.96. The third kappa shape index (κ3) is 2.00. The van der Waals surface area contributed by atoms with Crippen LogP contribution in [0.1, 0.15) is 19.3 Å². The molecule has 74 valence electrons. The van der Waals surface area contributed by atoms with Crippen LogP contribution in [-0.2, 0) is 4.74 Å². The zero-order chi connectivity index (χ0) is 9.26. The number of rotatable bonds is 2. The normalized spacial score (nSPS) is 34.5. The van der Waals surface area contributed by atoms with Gasteiger partial charge in [0.1, 0.15) is 0 Å². The van der Waals surface area contributed by atoms with Crippen LogP contribution >= 0.6 is 12.2 Å². The highest BCUT2D eigenvalue weighted by Crippen LogP contribution is 2.29. The molecule has 1 heterocycles. The molecule has 2 fully saturated rings. The summed E-state index contributed by atoms with van der Waals surface area (Å²) >= 11 is 4.93. The standard InChI is InChI=1S/C9H16N2OS/c10-9(13)6-11-4-5-12-8-3-1-2-7(8)11/h7-8H,1-6H2,(H2,10,13). The Kier molecular flexibility index (Phi) is 2.81. The topological polar surface area (TPSA) is 38.5 Å². The van der Waals surface area contributed by atoms with Crippen molar-refractivity contribution in [1.29, 1.82) is 0 Å². The summed E-state index contributed by atoms with van der Waals surface area (Å²) in [4.78, 5) is 2.98. The second kappa shape index (κ2) is 3.90. The van der Waals surface area contributed by atoms with E-state index in [0.29, 0.717) is 17.1 Å². The lowest BCUT2D eigenvalue weighted by Gasteiger charge is -2.37. The fourth-order valence-corrected chi connectivity index (χ4v) is 2.57. The molecule has 0 aromatic heterocycles. The van der Waals surface area contributed by atoms with E-state index in [2.05, 4.69) is 4.90 Å². The first-order valence-corrected chi connectivity index (χ1v) is 5.32. The Morgan fingerprint density at radius 3 is 3.15 bits per heavy atom. The van der Waals surface area contributed by atoms with Crippen LogP contribution in [0.5, 0.6) is 0 Å². The van der Waals surface area contributed by atoms with Crippen molar-refractivity contribution in [3.63, 3.8) is 0 Å². The molecule has 0 radical (unpaired) electrons. The minimum Gasteiger partial charge on any atom is -0.392 e. The molecule has 1 aliphatic carbocycles. The molecule has 2 unspecified atom stereocenters. The van der Waals surface area contributed by atoms with Crippen molar-refractivity contribution in [1.82, 2.24) is 4.90 Å². The van der Waals surface area contributed by atoms with Gasteiger partial charge in [-0.2, -0.15) is 0 Å². The molecular weight excluding hydrogens is 184 g/mol. The summed E-state index contributed by atoms with van der Waals surface area (Å²) in [6.45, 7) is 2.59. The molecule has 3 nitrogen and oxygen atoms in total. The van der Waals surface area contributed by atoms with Gasteiger partial charge in [0.15, 0.2) is 0 Å². The van der Waals surface area contributed by atoms with Crippen LogP contribution in [0.25, 0.3) is 0 Å². The number of thiocarbonyl (C=S) groups is 1. The lowest BCUT2D eigenvalue weighted by atomic mass is 10.1. The molecule has 1 aliphatic heterocycles. The van der Waals surface area contributed by atoms with Gasteiger partial charge in [-0.25, -0.2) is 0 Å². The van der Waals surface area contributed by atoms with Gasteiger partial charge in [-0.05, 0) is 19.3 Å². The molecule has 2 atom stereocenters. The van der Waals surface area contributed by atoms with Crippen LogP contribution in [-0.4, -0.2) is 41.7 Å². The van der Waals surface area contributed by atoms with Crippen molar-refractivity contribution >= 4 is 17.2 Å². The van der Waals surface area contributed by atoms with Gasteiger partial charge in [0.05, 0.1) is 17.7 Å². The smallest absolute Gasteiger partial charge is 0.0870 e. The van der Waals surface area contributed by atoms with E-state index in [-0.39, 0.29) is 0 Å². The molecule has 0 aromatic carbocycles. The Morgan fingerprint density at radius 2 is 2.38 bits per heavy atom. The van der Waals surface area contributed by atoms with Crippen LogP contribution in [0.15, 0.2) is 0 Å². The van der Waals surface area contributed by atoms with Crippen LogP contribution in [0, 0.1) is 0 Å².